The zero-order valence-corrected chi connectivity index (χ0v) is 18.4. The highest BCUT2D eigenvalue weighted by Gasteiger charge is 2.49. The Morgan fingerprint density at radius 3 is 2.62 bits per heavy atom. The number of nitrogens with one attached hydrogen (secondary N) is 2. The molecular weight excluding hydrogens is 451 g/mol. The summed E-state index contributed by atoms with van der Waals surface area (Å²) in [5.74, 6) is -1.89. The third-order valence-corrected chi connectivity index (χ3v) is 4.94. The van der Waals surface area contributed by atoms with E-state index >= 15 is 0 Å². The molecular formula is C21H25ClF3N3O4. The van der Waals surface area contributed by atoms with E-state index in [2.05, 4.69) is 5.32 Å². The van der Waals surface area contributed by atoms with E-state index in [1.807, 2.05) is 0 Å². The maximum absolute atomic E-state index is 13.7. The summed E-state index contributed by atoms with van der Waals surface area (Å²) in [6, 6.07) is 1.70. The van der Waals surface area contributed by atoms with Gasteiger partial charge in [-0.25, -0.2) is 4.79 Å². The van der Waals surface area contributed by atoms with Crippen molar-refractivity contribution in [3.63, 3.8) is 0 Å². The highest BCUT2D eigenvalue weighted by Crippen LogP contribution is 2.40. The molecule has 0 saturated heterocycles. The standard InChI is InChI=1S/C21H25ClF3N3O4/c1-3-31-20(30)15(6-4-5-7-16(26)27)28-19(29)14-10-12-9-13(22)8-11(2)17(12)32-18(14)21(23,24)25/h8-10,15,18H,3-7H2,1-2H3,(H3,26,27)(H,28,29)/t15-,18-/m0/s1. The molecule has 1 heterocycles. The van der Waals surface area contributed by atoms with Crippen LogP contribution in [0, 0.1) is 12.3 Å². The number of fused-ring (bicyclic) bond motifs is 1. The Bertz CT molecular complexity index is 918. The summed E-state index contributed by atoms with van der Waals surface area (Å²) in [5.41, 5.74) is 5.23. The Balaban J connectivity index is 2.30. The van der Waals surface area contributed by atoms with Crippen molar-refractivity contribution in [3.05, 3.63) is 33.9 Å². The first-order valence-electron chi connectivity index (χ1n) is 9.99. The van der Waals surface area contributed by atoms with Crippen LogP contribution in [0.5, 0.6) is 5.75 Å². The minimum Gasteiger partial charge on any atom is -0.475 e. The van der Waals surface area contributed by atoms with Crippen LogP contribution in [0.1, 0.15) is 43.7 Å². The summed E-state index contributed by atoms with van der Waals surface area (Å²) >= 11 is 6.00. The third kappa shape index (κ3) is 6.62. The van der Waals surface area contributed by atoms with Crippen molar-refractivity contribution in [2.45, 2.75) is 57.9 Å². The molecule has 7 nitrogen and oxygen atoms in total. The first kappa shape index (κ1) is 25.5. The van der Waals surface area contributed by atoms with Crippen LogP contribution in [-0.2, 0) is 14.3 Å². The van der Waals surface area contributed by atoms with Crippen LogP contribution in [0.4, 0.5) is 13.2 Å². The maximum Gasteiger partial charge on any atom is 0.429 e. The Morgan fingerprint density at radius 1 is 1.34 bits per heavy atom. The smallest absolute Gasteiger partial charge is 0.429 e. The van der Waals surface area contributed by atoms with Gasteiger partial charge >= 0.3 is 12.1 Å². The van der Waals surface area contributed by atoms with Gasteiger partial charge in [0.15, 0.2) is 0 Å². The van der Waals surface area contributed by atoms with Crippen molar-refractivity contribution in [1.82, 2.24) is 5.32 Å². The number of esters is 1. The van der Waals surface area contributed by atoms with Crippen LogP contribution < -0.4 is 15.8 Å². The molecule has 32 heavy (non-hydrogen) atoms. The van der Waals surface area contributed by atoms with Gasteiger partial charge in [-0.15, -0.1) is 0 Å². The SMILES string of the molecule is CCOC(=O)[C@H](CCCCC(=N)N)NC(=O)C1=Cc2cc(Cl)cc(C)c2O[C@@H]1C(F)(F)F. The number of halogens is 4. The number of ether oxygens (including phenoxy) is 2. The molecule has 0 saturated carbocycles. The number of carbonyl (C=O) groups excluding carboxylic acids is 2. The molecule has 0 fully saturated rings. The van der Waals surface area contributed by atoms with E-state index in [4.69, 9.17) is 32.2 Å². The largest absolute Gasteiger partial charge is 0.475 e. The zero-order chi connectivity index (χ0) is 24.1. The van der Waals surface area contributed by atoms with Crippen LogP contribution in [0.25, 0.3) is 6.08 Å². The summed E-state index contributed by atoms with van der Waals surface area (Å²) in [6.45, 7) is 3.17. The van der Waals surface area contributed by atoms with Gasteiger partial charge in [0.1, 0.15) is 11.8 Å². The lowest BCUT2D eigenvalue weighted by molar-refractivity contribution is -0.185. The van der Waals surface area contributed by atoms with Crippen molar-refractivity contribution in [3.8, 4) is 5.75 Å². The second-order valence-corrected chi connectivity index (χ2v) is 7.77. The van der Waals surface area contributed by atoms with Crippen molar-refractivity contribution in [1.29, 1.82) is 5.41 Å². The Labute approximate surface area is 188 Å². The highest BCUT2D eigenvalue weighted by molar-refractivity contribution is 6.30. The highest BCUT2D eigenvalue weighted by atomic mass is 35.5. The molecule has 2 rings (SSSR count). The minimum atomic E-state index is -4.87. The lowest BCUT2D eigenvalue weighted by atomic mass is 9.98. The van der Waals surface area contributed by atoms with Gasteiger partial charge in [0.05, 0.1) is 18.0 Å². The normalized spacial score (nSPS) is 16.3. The quantitative estimate of drug-likeness (QED) is 0.217. The van der Waals surface area contributed by atoms with Crippen LogP contribution in [0.15, 0.2) is 17.7 Å². The molecule has 4 N–H and O–H groups in total. The maximum atomic E-state index is 13.7. The van der Waals surface area contributed by atoms with Gasteiger partial charge < -0.3 is 20.5 Å². The van der Waals surface area contributed by atoms with Gasteiger partial charge in [0.2, 0.25) is 6.10 Å². The van der Waals surface area contributed by atoms with Gasteiger partial charge in [0, 0.05) is 17.0 Å². The fraction of sp³-hybridized carbons (Fsp3) is 0.476. The van der Waals surface area contributed by atoms with Gasteiger partial charge in [-0.2, -0.15) is 13.2 Å². The monoisotopic (exact) mass is 475 g/mol. The number of aryl methyl sites for hydroxylation is 1. The van der Waals surface area contributed by atoms with E-state index in [1.165, 1.54) is 12.1 Å². The number of hydrogen-bond acceptors (Lipinski definition) is 5. The molecule has 1 aromatic carbocycles. The van der Waals surface area contributed by atoms with E-state index in [1.54, 1.807) is 13.8 Å². The van der Waals surface area contributed by atoms with E-state index < -0.39 is 35.8 Å². The van der Waals surface area contributed by atoms with Crippen molar-refractivity contribution >= 4 is 35.4 Å². The van der Waals surface area contributed by atoms with E-state index in [9.17, 15) is 22.8 Å². The van der Waals surface area contributed by atoms with E-state index in [0.717, 1.165) is 6.08 Å². The second kappa shape index (κ2) is 10.7. The number of nitrogens with two attached hydrogens (primary N) is 1. The summed E-state index contributed by atoms with van der Waals surface area (Å²) in [6.07, 6.45) is -5.01. The van der Waals surface area contributed by atoms with Crippen LogP contribution in [-0.4, -0.2) is 42.6 Å². The average molecular weight is 476 g/mol. The lowest BCUT2D eigenvalue weighted by Gasteiger charge is -2.30. The average Bonchev–Trinajstić information content (AvgIpc) is 2.68. The fourth-order valence-electron chi connectivity index (χ4n) is 3.27. The number of alkyl halides is 3. The summed E-state index contributed by atoms with van der Waals surface area (Å²) in [7, 11) is 0. The predicted molar refractivity (Wildman–Crippen MR) is 114 cm³/mol. The molecule has 11 heteroatoms. The molecule has 2 atom stereocenters. The lowest BCUT2D eigenvalue weighted by Crippen LogP contribution is -2.48. The fourth-order valence-corrected chi connectivity index (χ4v) is 3.55. The van der Waals surface area contributed by atoms with Crippen molar-refractivity contribution in [2.24, 2.45) is 5.73 Å². The Kier molecular flexibility index (Phi) is 8.54. The molecule has 1 aliphatic heterocycles. The number of carbonyl (C=O) groups is 2. The number of amides is 1. The van der Waals surface area contributed by atoms with Crippen molar-refractivity contribution in [2.75, 3.05) is 6.61 Å². The molecule has 0 unspecified atom stereocenters. The molecule has 0 aromatic heterocycles. The molecule has 0 aliphatic carbocycles. The predicted octanol–water partition coefficient (Wildman–Crippen LogP) is 3.90. The number of unbranched alkanes of at least 4 members (excludes halogenated alkanes) is 1. The number of hydrogen-bond donors (Lipinski definition) is 3. The number of benzene rings is 1. The molecule has 1 aliphatic rings. The van der Waals surface area contributed by atoms with Gasteiger partial charge in [-0.05, 0) is 50.5 Å². The topological polar surface area (TPSA) is 115 Å². The minimum absolute atomic E-state index is 0.0144. The number of amidine groups is 1. The molecule has 1 aromatic rings. The van der Waals surface area contributed by atoms with E-state index in [0.29, 0.717) is 24.8 Å². The summed E-state index contributed by atoms with van der Waals surface area (Å²) in [5, 5.41) is 9.85. The Morgan fingerprint density at radius 2 is 2.03 bits per heavy atom. The van der Waals surface area contributed by atoms with Gasteiger partial charge in [0.25, 0.3) is 5.91 Å². The van der Waals surface area contributed by atoms with Crippen LogP contribution >= 0.6 is 11.6 Å². The van der Waals surface area contributed by atoms with Gasteiger partial charge in [-0.1, -0.05) is 18.0 Å². The first-order valence-corrected chi connectivity index (χ1v) is 10.4. The summed E-state index contributed by atoms with van der Waals surface area (Å²) < 4.78 is 51.2. The van der Waals surface area contributed by atoms with E-state index in [-0.39, 0.29) is 35.2 Å². The zero-order valence-electron chi connectivity index (χ0n) is 17.6. The van der Waals surface area contributed by atoms with Crippen LogP contribution in [0.2, 0.25) is 5.02 Å². The molecule has 0 radical (unpaired) electrons. The molecule has 1 amide bonds. The molecule has 0 bridgehead atoms. The second-order valence-electron chi connectivity index (χ2n) is 7.33. The number of rotatable bonds is 9. The Hall–Kier alpha value is -2.75. The first-order chi connectivity index (χ1) is 14.9. The van der Waals surface area contributed by atoms with Crippen LogP contribution in [0.3, 0.4) is 0 Å². The van der Waals surface area contributed by atoms with Gasteiger partial charge in [-0.3, -0.25) is 10.2 Å². The third-order valence-electron chi connectivity index (χ3n) is 4.72. The molecule has 176 valence electrons. The molecule has 0 spiro atoms. The summed E-state index contributed by atoms with van der Waals surface area (Å²) in [4.78, 5) is 25.1. The van der Waals surface area contributed by atoms with Crippen molar-refractivity contribution < 1.29 is 32.2 Å².